The molecule has 0 atom stereocenters. The van der Waals surface area contributed by atoms with E-state index >= 15 is 0 Å². The Morgan fingerprint density at radius 2 is 2.24 bits per heavy atom. The first kappa shape index (κ1) is 15.5. The summed E-state index contributed by atoms with van der Waals surface area (Å²) < 4.78 is 4.61. The molecule has 0 unspecified atom stereocenters. The van der Waals surface area contributed by atoms with E-state index in [1.807, 2.05) is 0 Å². The number of carbonyl (C=O) groups excluding carboxylic acids is 2. The van der Waals surface area contributed by atoms with Gasteiger partial charge in [-0.05, 0) is 7.05 Å². The van der Waals surface area contributed by atoms with Crippen LogP contribution in [0.3, 0.4) is 0 Å². The second-order valence-corrected chi connectivity index (χ2v) is 5.12. The molecule has 0 radical (unpaired) electrons. The molecule has 116 valence electrons. The Bertz CT molecular complexity index is 468. The van der Waals surface area contributed by atoms with Crippen LogP contribution in [0.1, 0.15) is 5.69 Å². The van der Waals surface area contributed by atoms with Crippen molar-refractivity contribution >= 4 is 18.2 Å². The lowest BCUT2D eigenvalue weighted by Gasteiger charge is -2.31. The van der Waals surface area contributed by atoms with Crippen LogP contribution in [0.5, 0.6) is 0 Å². The summed E-state index contributed by atoms with van der Waals surface area (Å²) in [5.41, 5.74) is 0.812. The molecule has 0 spiro atoms. The van der Waals surface area contributed by atoms with Gasteiger partial charge in [0, 0.05) is 44.4 Å². The van der Waals surface area contributed by atoms with E-state index in [0.717, 1.165) is 31.9 Å². The Hall–Kier alpha value is -1.93. The number of piperazine rings is 1. The second kappa shape index (κ2) is 7.75. The highest BCUT2D eigenvalue weighted by Gasteiger charge is 2.17. The van der Waals surface area contributed by atoms with Crippen LogP contribution in [0.15, 0.2) is 6.07 Å². The van der Waals surface area contributed by atoms with Gasteiger partial charge in [0.15, 0.2) is 5.82 Å². The van der Waals surface area contributed by atoms with Crippen LogP contribution in [-0.4, -0.2) is 78.8 Å². The fourth-order valence-corrected chi connectivity index (χ4v) is 2.16. The average molecular weight is 295 g/mol. The van der Waals surface area contributed by atoms with E-state index in [9.17, 15) is 9.59 Å². The summed E-state index contributed by atoms with van der Waals surface area (Å²) >= 11 is 0. The van der Waals surface area contributed by atoms with E-state index < -0.39 is 0 Å². The third-order valence-corrected chi connectivity index (χ3v) is 3.42. The summed E-state index contributed by atoms with van der Waals surface area (Å²) in [7, 11) is 2.08. The molecular formula is C13H21N5O3. The molecule has 1 saturated heterocycles. The van der Waals surface area contributed by atoms with Gasteiger partial charge >= 0.3 is 0 Å². The molecule has 2 N–H and O–H groups in total. The first-order valence-electron chi connectivity index (χ1n) is 6.97. The summed E-state index contributed by atoms with van der Waals surface area (Å²) in [4.78, 5) is 26.4. The van der Waals surface area contributed by atoms with Crippen molar-refractivity contribution in [1.82, 2.24) is 20.0 Å². The predicted octanol–water partition coefficient (Wildman–Crippen LogP) is -0.689. The topological polar surface area (TPSA) is 90.6 Å². The van der Waals surface area contributed by atoms with Crippen molar-refractivity contribution in [2.24, 2.45) is 0 Å². The van der Waals surface area contributed by atoms with Gasteiger partial charge in [-0.1, -0.05) is 0 Å². The Labute approximate surface area is 123 Å². The minimum Gasteiger partial charge on any atom is -0.467 e. The van der Waals surface area contributed by atoms with Crippen molar-refractivity contribution < 1.29 is 14.3 Å². The summed E-state index contributed by atoms with van der Waals surface area (Å²) in [5.74, 6) is 0.428. The number of amides is 1. The highest BCUT2D eigenvalue weighted by molar-refractivity contribution is 5.91. The molecule has 1 aliphatic heterocycles. The maximum absolute atomic E-state index is 11.9. The van der Waals surface area contributed by atoms with E-state index in [0.29, 0.717) is 31.9 Å². The molecule has 0 bridgehead atoms. The fraction of sp³-hybridized carbons (Fsp3) is 0.615. The Morgan fingerprint density at radius 1 is 1.48 bits per heavy atom. The van der Waals surface area contributed by atoms with Gasteiger partial charge < -0.3 is 15.0 Å². The highest BCUT2D eigenvalue weighted by Crippen LogP contribution is 2.06. The van der Waals surface area contributed by atoms with Gasteiger partial charge in [-0.25, -0.2) is 0 Å². The second-order valence-electron chi connectivity index (χ2n) is 5.12. The number of anilines is 1. The van der Waals surface area contributed by atoms with Crippen LogP contribution in [0.4, 0.5) is 5.82 Å². The molecule has 1 amide bonds. The van der Waals surface area contributed by atoms with Gasteiger partial charge in [0.25, 0.3) is 6.47 Å². The number of ether oxygens (including phenoxy) is 1. The van der Waals surface area contributed by atoms with Crippen molar-refractivity contribution in [2.45, 2.75) is 6.42 Å². The number of nitrogens with zero attached hydrogens (tertiary/aromatic N) is 3. The summed E-state index contributed by atoms with van der Waals surface area (Å²) in [6.07, 6.45) is 0.542. The lowest BCUT2D eigenvalue weighted by atomic mass is 10.3. The largest absolute Gasteiger partial charge is 0.467 e. The molecule has 1 aromatic heterocycles. The van der Waals surface area contributed by atoms with Crippen molar-refractivity contribution in [3.8, 4) is 0 Å². The predicted molar refractivity (Wildman–Crippen MR) is 76.9 cm³/mol. The summed E-state index contributed by atoms with van der Waals surface area (Å²) in [6.45, 7) is 4.85. The quantitative estimate of drug-likeness (QED) is 0.511. The number of H-pyrrole nitrogens is 1. The van der Waals surface area contributed by atoms with Crippen LogP contribution >= 0.6 is 0 Å². The number of likely N-dealkylation sites (N-methyl/N-ethyl adjacent to an activating group) is 1. The zero-order valence-electron chi connectivity index (χ0n) is 12.2. The van der Waals surface area contributed by atoms with E-state index in [1.54, 1.807) is 6.07 Å². The zero-order valence-corrected chi connectivity index (χ0v) is 12.2. The molecule has 2 rings (SSSR count). The lowest BCUT2D eigenvalue weighted by molar-refractivity contribution is -0.128. The monoisotopic (exact) mass is 295 g/mol. The van der Waals surface area contributed by atoms with Crippen molar-refractivity contribution in [1.29, 1.82) is 0 Å². The molecule has 2 heterocycles. The minimum atomic E-state index is -0.0678. The summed E-state index contributed by atoms with van der Waals surface area (Å²) in [5, 5.41) is 9.58. The van der Waals surface area contributed by atoms with E-state index in [4.69, 9.17) is 0 Å². The van der Waals surface area contributed by atoms with Crippen LogP contribution in [0.2, 0.25) is 0 Å². The SMILES string of the molecule is CN1CCN(CC(=O)Nc2cc(CCOC=O)[nH]n2)CC1. The smallest absolute Gasteiger partial charge is 0.293 e. The Morgan fingerprint density at radius 3 is 2.95 bits per heavy atom. The average Bonchev–Trinajstić information content (AvgIpc) is 2.89. The molecule has 0 aliphatic carbocycles. The van der Waals surface area contributed by atoms with Crippen LogP contribution in [0.25, 0.3) is 0 Å². The normalized spacial score (nSPS) is 16.6. The Kier molecular flexibility index (Phi) is 5.70. The third-order valence-electron chi connectivity index (χ3n) is 3.42. The van der Waals surface area contributed by atoms with E-state index in [-0.39, 0.29) is 5.91 Å². The Balaban J connectivity index is 1.73. The number of nitrogens with one attached hydrogen (secondary N) is 2. The van der Waals surface area contributed by atoms with Crippen LogP contribution in [-0.2, 0) is 20.7 Å². The molecule has 1 fully saturated rings. The lowest BCUT2D eigenvalue weighted by Crippen LogP contribution is -2.47. The number of carbonyl (C=O) groups is 2. The number of rotatable bonds is 7. The summed E-state index contributed by atoms with van der Waals surface area (Å²) in [6, 6.07) is 1.75. The molecule has 1 aromatic rings. The molecule has 8 heteroatoms. The third kappa shape index (κ3) is 5.16. The maximum Gasteiger partial charge on any atom is 0.293 e. The first-order valence-corrected chi connectivity index (χ1v) is 6.97. The maximum atomic E-state index is 11.9. The number of hydrogen-bond acceptors (Lipinski definition) is 6. The zero-order chi connectivity index (χ0) is 15.1. The van der Waals surface area contributed by atoms with Crippen LogP contribution in [0, 0.1) is 0 Å². The van der Waals surface area contributed by atoms with Gasteiger partial charge in [-0.15, -0.1) is 0 Å². The molecule has 1 aliphatic rings. The highest BCUT2D eigenvalue weighted by atomic mass is 16.5. The van der Waals surface area contributed by atoms with Gasteiger partial charge in [-0.2, -0.15) is 5.10 Å². The number of aromatic nitrogens is 2. The minimum absolute atomic E-state index is 0.0678. The standard InChI is InChI=1S/C13H21N5O3/c1-17-3-5-18(6-4-17)9-13(20)14-12-8-11(15-16-12)2-7-21-10-19/h8,10H,2-7,9H2,1H3,(H2,14,15,16,20). The molecule has 0 aromatic carbocycles. The molecule has 0 saturated carbocycles. The van der Waals surface area contributed by atoms with Gasteiger partial charge in [0.05, 0.1) is 13.2 Å². The van der Waals surface area contributed by atoms with Crippen LogP contribution < -0.4 is 5.32 Å². The molecule has 21 heavy (non-hydrogen) atoms. The van der Waals surface area contributed by atoms with Gasteiger partial charge in [0.1, 0.15) is 0 Å². The molecule has 8 nitrogen and oxygen atoms in total. The van der Waals surface area contributed by atoms with Crippen molar-refractivity contribution in [3.63, 3.8) is 0 Å². The van der Waals surface area contributed by atoms with Crippen molar-refractivity contribution in [3.05, 3.63) is 11.8 Å². The first-order chi connectivity index (χ1) is 10.2. The number of aromatic amines is 1. The fourth-order valence-electron chi connectivity index (χ4n) is 2.16. The molecular weight excluding hydrogens is 274 g/mol. The van der Waals surface area contributed by atoms with Crippen molar-refractivity contribution in [2.75, 3.05) is 51.7 Å². The van der Waals surface area contributed by atoms with Gasteiger partial charge in [-0.3, -0.25) is 19.6 Å². The van der Waals surface area contributed by atoms with Gasteiger partial charge in [0.2, 0.25) is 5.91 Å². The number of hydrogen-bond donors (Lipinski definition) is 2. The van der Waals surface area contributed by atoms with E-state index in [1.165, 1.54) is 0 Å². The van der Waals surface area contributed by atoms with E-state index in [2.05, 4.69) is 37.1 Å².